The van der Waals surface area contributed by atoms with E-state index in [2.05, 4.69) is 157 Å². The van der Waals surface area contributed by atoms with Crippen LogP contribution in [-0.2, 0) is 9.31 Å². The average molecular weight is 1400 g/mol. The van der Waals surface area contributed by atoms with Gasteiger partial charge in [0.15, 0.2) is 34.2 Å². The lowest BCUT2D eigenvalue weighted by atomic mass is 9.75. The van der Waals surface area contributed by atoms with Crippen molar-refractivity contribution in [2.45, 2.75) is 38.9 Å². The molecule has 0 atom stereocenters. The van der Waals surface area contributed by atoms with Crippen LogP contribution in [0.5, 0.6) is 0 Å². The molecule has 98 heavy (non-hydrogen) atoms. The number of fused-ring (bicyclic) bond motifs is 9. The van der Waals surface area contributed by atoms with Crippen LogP contribution in [-0.4, -0.2) is 48.2 Å². The molecule has 1 aliphatic heterocycles. The van der Waals surface area contributed by atoms with Gasteiger partial charge in [0.25, 0.3) is 0 Å². The number of hydrogen-bond donors (Lipinski definition) is 0. The molecular formula is C84H59BBr2N6O5. The van der Waals surface area contributed by atoms with Gasteiger partial charge in [-0.3, -0.25) is 0 Å². The zero-order valence-corrected chi connectivity index (χ0v) is 56.9. The molecule has 472 valence electrons. The lowest BCUT2D eigenvalue weighted by Crippen LogP contribution is -2.41. The summed E-state index contributed by atoms with van der Waals surface area (Å²) in [4.78, 5) is 31.0. The predicted octanol–water partition coefficient (Wildman–Crippen LogP) is 22.3. The highest BCUT2D eigenvalue weighted by atomic mass is 79.9. The van der Waals surface area contributed by atoms with Gasteiger partial charge in [-0.25, -0.2) is 29.9 Å². The van der Waals surface area contributed by atoms with Crippen molar-refractivity contribution >= 4 is 111 Å². The third kappa shape index (κ3) is 11.5. The second-order valence-corrected chi connectivity index (χ2v) is 26.5. The molecule has 0 N–H and O–H groups in total. The molecule has 0 radical (unpaired) electrons. The van der Waals surface area contributed by atoms with Crippen LogP contribution in [0.15, 0.2) is 307 Å². The Bertz CT molecular complexity index is 5590. The first-order chi connectivity index (χ1) is 47.9. The zero-order valence-electron chi connectivity index (χ0n) is 53.7. The van der Waals surface area contributed by atoms with E-state index in [1.165, 1.54) is 0 Å². The van der Waals surface area contributed by atoms with Crippen molar-refractivity contribution in [2.75, 3.05) is 0 Å². The number of aromatic nitrogens is 6. The van der Waals surface area contributed by atoms with Gasteiger partial charge in [-0.2, -0.15) is 0 Å². The molecule has 0 spiro atoms. The van der Waals surface area contributed by atoms with Crippen LogP contribution in [0.2, 0.25) is 0 Å². The Balaban J connectivity index is 0.000000151. The maximum atomic E-state index is 6.41. The SMILES string of the molecule is Brc1ccccc1Br.CC1(C)OB(c2ccccc2-c2nc(-c3ccccc3)c3oc4ccccc4c3n2)OC1(C)C.c1ccc(-c2nc(-c3ccccc3-c3ccccc3-c3ccccc3-c3nc(-c4ccccc4)c4oc5ccccc5c4n3)nc3c2oc2ccccc23)cc1. The summed E-state index contributed by atoms with van der Waals surface area (Å²) < 4.78 is 34.0. The fourth-order valence-corrected chi connectivity index (χ4v) is 13.2. The zero-order chi connectivity index (χ0) is 66.5. The first-order valence-corrected chi connectivity index (χ1v) is 33.9. The quantitative estimate of drug-likeness (QED) is 0.128. The fourth-order valence-electron chi connectivity index (χ4n) is 12.6. The van der Waals surface area contributed by atoms with E-state index in [1.54, 1.807) is 0 Å². The molecule has 0 amide bonds. The van der Waals surface area contributed by atoms with Gasteiger partial charge in [0.1, 0.15) is 50.4 Å². The molecule has 14 heteroatoms. The number of rotatable bonds is 9. The van der Waals surface area contributed by atoms with Crippen molar-refractivity contribution in [3.05, 3.63) is 294 Å². The lowest BCUT2D eigenvalue weighted by Gasteiger charge is -2.32. The molecule has 7 heterocycles. The van der Waals surface area contributed by atoms with Gasteiger partial charge in [0, 0.05) is 58.5 Å². The first-order valence-electron chi connectivity index (χ1n) is 32.3. The highest BCUT2D eigenvalue weighted by Crippen LogP contribution is 2.45. The van der Waals surface area contributed by atoms with Gasteiger partial charge in [0.2, 0.25) is 0 Å². The number of para-hydroxylation sites is 3. The van der Waals surface area contributed by atoms with Crippen LogP contribution in [0.3, 0.4) is 0 Å². The highest BCUT2D eigenvalue weighted by molar-refractivity contribution is 9.13. The maximum absolute atomic E-state index is 6.41. The Labute approximate surface area is 582 Å². The van der Waals surface area contributed by atoms with E-state index in [0.29, 0.717) is 34.2 Å². The third-order valence-electron chi connectivity index (χ3n) is 18.2. The Kier molecular flexibility index (Phi) is 16.3. The number of halogens is 2. The van der Waals surface area contributed by atoms with E-state index in [0.717, 1.165) is 137 Å². The van der Waals surface area contributed by atoms with Crippen LogP contribution in [0.25, 0.3) is 156 Å². The Morgan fingerprint density at radius 3 is 0.888 bits per heavy atom. The number of benzene rings is 11. The minimum Gasteiger partial charge on any atom is -0.452 e. The van der Waals surface area contributed by atoms with E-state index in [-0.39, 0.29) is 0 Å². The van der Waals surface area contributed by atoms with E-state index in [9.17, 15) is 0 Å². The summed E-state index contributed by atoms with van der Waals surface area (Å²) in [5, 5.41) is 2.87. The van der Waals surface area contributed by atoms with Gasteiger partial charge in [-0.1, -0.05) is 237 Å². The first kappa shape index (κ1) is 61.9. The monoisotopic (exact) mass is 1400 g/mol. The largest absolute Gasteiger partial charge is 0.495 e. The predicted molar refractivity (Wildman–Crippen MR) is 403 cm³/mol. The topological polar surface area (TPSA) is 135 Å². The Morgan fingerprint density at radius 1 is 0.276 bits per heavy atom. The van der Waals surface area contributed by atoms with Crippen molar-refractivity contribution in [2.24, 2.45) is 0 Å². The van der Waals surface area contributed by atoms with Crippen molar-refractivity contribution in [1.82, 2.24) is 29.9 Å². The molecule has 0 aliphatic carbocycles. The number of hydrogen-bond acceptors (Lipinski definition) is 11. The van der Waals surface area contributed by atoms with Crippen molar-refractivity contribution < 1.29 is 22.6 Å². The minimum atomic E-state index is -0.512. The van der Waals surface area contributed by atoms with Gasteiger partial charge in [-0.05, 0) is 136 Å². The average Bonchev–Trinajstić information content (AvgIpc) is 1.51. The van der Waals surface area contributed by atoms with Gasteiger partial charge < -0.3 is 22.6 Å². The van der Waals surface area contributed by atoms with Crippen molar-refractivity contribution in [3.63, 3.8) is 0 Å². The van der Waals surface area contributed by atoms with Crippen molar-refractivity contribution in [1.29, 1.82) is 0 Å². The fraction of sp³-hybridized carbons (Fsp3) is 0.0714. The van der Waals surface area contributed by atoms with Crippen LogP contribution in [0.4, 0.5) is 0 Å². The van der Waals surface area contributed by atoms with Crippen LogP contribution < -0.4 is 5.46 Å². The lowest BCUT2D eigenvalue weighted by molar-refractivity contribution is 0.00578. The highest BCUT2D eigenvalue weighted by Gasteiger charge is 2.52. The molecule has 11 nitrogen and oxygen atoms in total. The maximum Gasteiger partial charge on any atom is 0.495 e. The standard InChI is InChI=1S/C50H30N4O2.C28H25BN2O3.C6H4Br2/c1-3-17-31(18-4-1)43-47-45(39-27-13-15-29-41(39)55-47)53-49(51-43)37-25-11-9-23-35(37)33-21-7-8-22-34(33)36-24-10-12-26-38(36)50-52-44(32-19-5-2-6-20-32)48-46(54-50)40-28-14-16-30-42(40)56-48;1-27(2)28(3,4)34-29(33-27)21-16-10-8-14-19(21)26-30-23(18-12-6-5-7-13-18)25-24(31-26)20-15-9-11-17-22(20)32-25;7-5-3-1-2-4-6(5)8/h1-30H;5-17H,1-4H3;1-4H. The molecule has 1 fully saturated rings. The summed E-state index contributed by atoms with van der Waals surface area (Å²) in [6.07, 6.45) is 0. The van der Waals surface area contributed by atoms with Crippen LogP contribution in [0.1, 0.15) is 27.7 Å². The molecule has 0 saturated carbocycles. The van der Waals surface area contributed by atoms with E-state index >= 15 is 0 Å². The molecule has 6 aromatic heterocycles. The normalized spacial score (nSPS) is 13.3. The van der Waals surface area contributed by atoms with Crippen LogP contribution >= 0.6 is 31.9 Å². The molecule has 1 aliphatic rings. The number of furan rings is 3. The third-order valence-corrected chi connectivity index (χ3v) is 20.1. The second-order valence-electron chi connectivity index (χ2n) is 24.8. The van der Waals surface area contributed by atoms with Gasteiger partial charge in [0.05, 0.1) is 11.2 Å². The summed E-state index contributed by atoms with van der Waals surface area (Å²) in [7, 11) is -0.512. The number of nitrogens with zero attached hydrogens (tertiary/aromatic N) is 6. The molecule has 0 bridgehead atoms. The second kappa shape index (κ2) is 25.9. The van der Waals surface area contributed by atoms with E-state index in [4.69, 9.17) is 52.5 Å². The smallest absolute Gasteiger partial charge is 0.452 e. The summed E-state index contributed by atoms with van der Waals surface area (Å²) in [5.41, 5.74) is 18.7. The molecule has 18 rings (SSSR count). The molecular weight excluding hydrogens is 1340 g/mol. The summed E-state index contributed by atoms with van der Waals surface area (Å²) in [6.45, 7) is 8.24. The van der Waals surface area contributed by atoms with Gasteiger partial charge >= 0.3 is 7.12 Å². The van der Waals surface area contributed by atoms with E-state index in [1.807, 2.05) is 188 Å². The molecule has 11 aromatic carbocycles. The van der Waals surface area contributed by atoms with Gasteiger partial charge in [-0.15, -0.1) is 0 Å². The summed E-state index contributed by atoms with van der Waals surface area (Å²) in [5.74, 6) is 1.85. The van der Waals surface area contributed by atoms with E-state index < -0.39 is 18.3 Å². The molecule has 17 aromatic rings. The summed E-state index contributed by atoms with van der Waals surface area (Å²) >= 11 is 6.70. The Hall–Kier alpha value is -11.0. The molecule has 1 saturated heterocycles. The minimum absolute atomic E-state index is 0.439. The molecule has 0 unspecified atom stereocenters. The Morgan fingerprint density at radius 2 is 0.541 bits per heavy atom. The summed E-state index contributed by atoms with van der Waals surface area (Å²) in [6, 6.07) is 95.6. The van der Waals surface area contributed by atoms with Crippen LogP contribution in [0, 0.1) is 0 Å². The van der Waals surface area contributed by atoms with Crippen molar-refractivity contribution in [3.8, 4) is 90.2 Å².